The average Bonchev–Trinajstić information content (AvgIpc) is 3.00. The molecule has 0 aliphatic carbocycles. The van der Waals surface area contributed by atoms with E-state index in [0.717, 1.165) is 0 Å². The van der Waals surface area contributed by atoms with Gasteiger partial charge in [-0.25, -0.2) is 0 Å². The van der Waals surface area contributed by atoms with Crippen molar-refractivity contribution in [2.24, 2.45) is 0 Å². The zero-order valence-corrected chi connectivity index (χ0v) is 12.0. The summed E-state index contributed by atoms with van der Waals surface area (Å²) in [5.74, 6) is 0.640. The van der Waals surface area contributed by atoms with Gasteiger partial charge in [-0.1, -0.05) is 0 Å². The third-order valence-corrected chi connectivity index (χ3v) is 3.00. The predicted octanol–water partition coefficient (Wildman–Crippen LogP) is 0.912. The number of nitrogen functional groups attached to an aromatic ring is 1. The van der Waals surface area contributed by atoms with Gasteiger partial charge in [0.25, 0.3) is 5.91 Å². The van der Waals surface area contributed by atoms with Crippen molar-refractivity contribution in [1.82, 2.24) is 15.1 Å². The highest BCUT2D eigenvalue weighted by Gasteiger charge is 2.15. The van der Waals surface area contributed by atoms with Crippen LogP contribution in [0, 0.1) is 0 Å². The smallest absolute Gasteiger partial charge is 0.253 e. The molecule has 0 aliphatic rings. The van der Waals surface area contributed by atoms with Crippen LogP contribution in [-0.2, 0) is 6.54 Å². The monoisotopic (exact) mass is 290 g/mol. The molecule has 1 heterocycles. The summed E-state index contributed by atoms with van der Waals surface area (Å²) in [6.07, 6.45) is 3.52. The molecular formula is C14H18N4O3. The Balaban J connectivity index is 2.07. The number of nitrogens with two attached hydrogens (primary N) is 1. The fourth-order valence-corrected chi connectivity index (χ4v) is 1.89. The van der Waals surface area contributed by atoms with E-state index >= 15 is 0 Å². The largest absolute Gasteiger partial charge is 0.497 e. The van der Waals surface area contributed by atoms with Gasteiger partial charge in [0, 0.05) is 25.0 Å². The lowest BCUT2D eigenvalue weighted by Crippen LogP contribution is -2.28. The van der Waals surface area contributed by atoms with Gasteiger partial charge in [-0.15, -0.1) is 0 Å². The number of benzene rings is 1. The number of amides is 1. The van der Waals surface area contributed by atoms with E-state index in [4.69, 9.17) is 15.2 Å². The number of aromatic nitrogens is 2. The minimum absolute atomic E-state index is 0.281. The number of hydrogen-bond donors (Lipinski definition) is 2. The van der Waals surface area contributed by atoms with Crippen molar-refractivity contribution in [2.75, 3.05) is 26.5 Å². The lowest BCUT2D eigenvalue weighted by atomic mass is 10.1. The first-order valence-electron chi connectivity index (χ1n) is 6.43. The van der Waals surface area contributed by atoms with Crippen LogP contribution in [-0.4, -0.2) is 36.5 Å². The number of carbonyl (C=O) groups excluding carboxylic acids is 1. The Bertz CT molecular complexity index is 611. The summed E-state index contributed by atoms with van der Waals surface area (Å²) in [5.41, 5.74) is 6.54. The van der Waals surface area contributed by atoms with E-state index in [-0.39, 0.29) is 11.6 Å². The maximum Gasteiger partial charge on any atom is 0.253 e. The normalized spacial score (nSPS) is 10.2. The molecule has 112 valence electrons. The van der Waals surface area contributed by atoms with E-state index < -0.39 is 0 Å². The van der Waals surface area contributed by atoms with Gasteiger partial charge in [0.2, 0.25) is 0 Å². The molecule has 0 saturated carbocycles. The van der Waals surface area contributed by atoms with Crippen LogP contribution in [0.4, 0.5) is 5.69 Å². The number of methoxy groups -OCH3 is 2. The molecule has 1 amide bonds. The molecule has 1 aromatic carbocycles. The fraction of sp³-hybridized carbons (Fsp3) is 0.286. The Labute approximate surface area is 122 Å². The zero-order chi connectivity index (χ0) is 15.2. The Morgan fingerprint density at radius 2 is 2.19 bits per heavy atom. The van der Waals surface area contributed by atoms with E-state index in [9.17, 15) is 4.79 Å². The van der Waals surface area contributed by atoms with Gasteiger partial charge in [-0.05, 0) is 12.1 Å². The van der Waals surface area contributed by atoms with Crippen LogP contribution in [0.5, 0.6) is 11.5 Å². The van der Waals surface area contributed by atoms with E-state index in [1.807, 2.05) is 12.3 Å². The summed E-state index contributed by atoms with van der Waals surface area (Å²) in [7, 11) is 3.01. The number of nitrogens with zero attached hydrogens (tertiary/aromatic N) is 2. The first-order chi connectivity index (χ1) is 10.2. The summed E-state index contributed by atoms with van der Waals surface area (Å²) in [6.45, 7) is 1.03. The third kappa shape index (κ3) is 3.44. The van der Waals surface area contributed by atoms with Crippen molar-refractivity contribution in [3.05, 3.63) is 36.2 Å². The van der Waals surface area contributed by atoms with Crippen LogP contribution in [0.25, 0.3) is 0 Å². The van der Waals surface area contributed by atoms with Gasteiger partial charge >= 0.3 is 0 Å². The maximum absolute atomic E-state index is 12.2. The van der Waals surface area contributed by atoms with Crippen molar-refractivity contribution < 1.29 is 14.3 Å². The maximum atomic E-state index is 12.2. The second kappa shape index (κ2) is 6.65. The molecule has 0 saturated heterocycles. The van der Waals surface area contributed by atoms with Crippen molar-refractivity contribution in [3.63, 3.8) is 0 Å². The highest BCUT2D eigenvalue weighted by Crippen LogP contribution is 2.30. The number of nitrogens with one attached hydrogen (secondary N) is 1. The van der Waals surface area contributed by atoms with Crippen LogP contribution in [0.2, 0.25) is 0 Å². The van der Waals surface area contributed by atoms with E-state index in [1.54, 1.807) is 23.0 Å². The molecule has 0 unspecified atom stereocenters. The van der Waals surface area contributed by atoms with Gasteiger partial charge in [-0.2, -0.15) is 5.10 Å². The Morgan fingerprint density at radius 3 is 2.81 bits per heavy atom. The number of rotatable bonds is 6. The van der Waals surface area contributed by atoms with Crippen molar-refractivity contribution in [1.29, 1.82) is 0 Å². The van der Waals surface area contributed by atoms with Gasteiger partial charge in [0.05, 0.1) is 32.0 Å². The minimum atomic E-state index is -0.281. The molecule has 0 spiro atoms. The molecule has 0 aliphatic heterocycles. The molecule has 2 aromatic rings. The molecular weight excluding hydrogens is 272 g/mol. The van der Waals surface area contributed by atoms with Gasteiger partial charge < -0.3 is 20.5 Å². The lowest BCUT2D eigenvalue weighted by Gasteiger charge is -2.13. The predicted molar refractivity (Wildman–Crippen MR) is 78.5 cm³/mol. The van der Waals surface area contributed by atoms with Crippen LogP contribution in [0.15, 0.2) is 30.6 Å². The molecule has 0 bridgehead atoms. The van der Waals surface area contributed by atoms with Gasteiger partial charge in [0.15, 0.2) is 0 Å². The molecule has 0 atom stereocenters. The second-order valence-electron chi connectivity index (χ2n) is 4.32. The number of ether oxygens (including phenoxy) is 2. The van der Waals surface area contributed by atoms with Crippen molar-refractivity contribution in [2.45, 2.75) is 6.54 Å². The Morgan fingerprint density at radius 1 is 1.38 bits per heavy atom. The molecule has 7 heteroatoms. The standard InChI is InChI=1S/C14H18N4O3/c1-20-10-8-11(13(15)12(9-10)21-2)14(19)16-5-7-18-6-3-4-17-18/h3-4,6,8-9H,5,7,15H2,1-2H3,(H,16,19). The SMILES string of the molecule is COc1cc(OC)c(N)c(C(=O)NCCn2cccn2)c1. The van der Waals surface area contributed by atoms with Crippen molar-refractivity contribution >= 4 is 11.6 Å². The summed E-state index contributed by atoms with van der Waals surface area (Å²) in [4.78, 5) is 12.2. The zero-order valence-electron chi connectivity index (χ0n) is 12.0. The number of hydrogen-bond acceptors (Lipinski definition) is 5. The second-order valence-corrected chi connectivity index (χ2v) is 4.32. The van der Waals surface area contributed by atoms with E-state index in [2.05, 4.69) is 10.4 Å². The Hall–Kier alpha value is -2.70. The summed E-state index contributed by atoms with van der Waals surface area (Å²) in [6, 6.07) is 5.05. The summed E-state index contributed by atoms with van der Waals surface area (Å²) in [5, 5.41) is 6.85. The van der Waals surface area contributed by atoms with E-state index in [0.29, 0.717) is 30.2 Å². The number of carbonyl (C=O) groups is 1. The van der Waals surface area contributed by atoms with E-state index in [1.165, 1.54) is 14.2 Å². The lowest BCUT2D eigenvalue weighted by molar-refractivity contribution is 0.0952. The quantitative estimate of drug-likeness (QED) is 0.772. The average molecular weight is 290 g/mol. The van der Waals surface area contributed by atoms with Crippen LogP contribution >= 0.6 is 0 Å². The third-order valence-electron chi connectivity index (χ3n) is 3.00. The molecule has 1 aromatic heterocycles. The summed E-state index contributed by atoms with van der Waals surface area (Å²) < 4.78 is 12.0. The molecule has 2 rings (SSSR count). The first-order valence-corrected chi connectivity index (χ1v) is 6.43. The van der Waals surface area contributed by atoms with Crippen LogP contribution in [0.3, 0.4) is 0 Å². The molecule has 0 fully saturated rings. The topological polar surface area (TPSA) is 91.4 Å². The van der Waals surface area contributed by atoms with Gasteiger partial charge in [-0.3, -0.25) is 9.48 Å². The van der Waals surface area contributed by atoms with Crippen LogP contribution in [0.1, 0.15) is 10.4 Å². The highest BCUT2D eigenvalue weighted by molar-refractivity contribution is 6.00. The summed E-state index contributed by atoms with van der Waals surface area (Å²) >= 11 is 0. The first kappa shape index (κ1) is 14.7. The number of anilines is 1. The highest BCUT2D eigenvalue weighted by atomic mass is 16.5. The fourth-order valence-electron chi connectivity index (χ4n) is 1.89. The van der Waals surface area contributed by atoms with Gasteiger partial charge in [0.1, 0.15) is 11.5 Å². The molecule has 0 radical (unpaired) electrons. The molecule has 21 heavy (non-hydrogen) atoms. The van der Waals surface area contributed by atoms with Crippen molar-refractivity contribution in [3.8, 4) is 11.5 Å². The minimum Gasteiger partial charge on any atom is -0.497 e. The molecule has 3 N–H and O–H groups in total. The Kier molecular flexibility index (Phi) is 4.65. The van der Waals surface area contributed by atoms with Crippen LogP contribution < -0.4 is 20.5 Å². The molecule has 7 nitrogen and oxygen atoms in total.